The van der Waals surface area contributed by atoms with Gasteiger partial charge in [-0.05, 0) is 46.5 Å². The average molecular weight is 593 g/mol. The number of hydrogen-bond donors (Lipinski definition) is 2. The first-order valence-corrected chi connectivity index (χ1v) is 14.1. The molecule has 2 aromatic rings. The smallest absolute Gasteiger partial charge is 0.306 e. The molecule has 0 saturated carbocycles. The Morgan fingerprint density at radius 2 is 1.19 bits per heavy atom. The summed E-state index contributed by atoms with van der Waals surface area (Å²) in [7, 11) is 1.54. The number of amides is 2. The number of hydrogen-bond acceptors (Lipinski definition) is 7. The Kier molecular flexibility index (Phi) is 9.80. The second-order valence-corrected chi connectivity index (χ2v) is 11.0. The fourth-order valence-corrected chi connectivity index (χ4v) is 5.07. The van der Waals surface area contributed by atoms with Gasteiger partial charge in [0.15, 0.2) is 11.5 Å². The number of aliphatic carboxylic acids is 2. The summed E-state index contributed by atoms with van der Waals surface area (Å²) >= 11 is 0. The number of methoxy groups -OCH3 is 1. The predicted octanol–water partition coefficient (Wildman–Crippen LogP) is 3.43. The number of carboxylic acids is 2. The van der Waals surface area contributed by atoms with Crippen LogP contribution in [0.2, 0.25) is 0 Å². The molecule has 0 aliphatic carbocycles. The van der Waals surface area contributed by atoms with Crippen LogP contribution in [0.4, 0.5) is 0 Å². The molecule has 0 fully saturated rings. The third-order valence-corrected chi connectivity index (χ3v) is 7.70. The molecule has 2 heterocycles. The summed E-state index contributed by atoms with van der Waals surface area (Å²) in [6, 6.07) is 7.37. The summed E-state index contributed by atoms with van der Waals surface area (Å²) in [6.07, 6.45) is 6.14. The molecular weight excluding hydrogens is 556 g/mol. The van der Waals surface area contributed by atoms with E-state index in [0.29, 0.717) is 68.6 Å². The third-order valence-electron chi connectivity index (χ3n) is 7.70. The van der Waals surface area contributed by atoms with E-state index in [2.05, 4.69) is 5.92 Å². The Morgan fingerprint density at radius 1 is 0.767 bits per heavy atom. The highest BCUT2D eigenvalue weighted by molar-refractivity contribution is 5.83. The van der Waals surface area contributed by atoms with Crippen molar-refractivity contribution < 1.29 is 43.6 Å². The van der Waals surface area contributed by atoms with Crippen molar-refractivity contribution in [2.75, 3.05) is 20.3 Å². The van der Waals surface area contributed by atoms with Gasteiger partial charge in [0.05, 0.1) is 37.7 Å². The van der Waals surface area contributed by atoms with Gasteiger partial charge < -0.3 is 34.2 Å². The summed E-state index contributed by atoms with van der Waals surface area (Å²) in [6.45, 7) is 5.18. The van der Waals surface area contributed by atoms with E-state index in [4.69, 9.17) is 30.8 Å². The fourth-order valence-electron chi connectivity index (χ4n) is 5.07. The van der Waals surface area contributed by atoms with Gasteiger partial charge in [-0.2, -0.15) is 0 Å². The van der Waals surface area contributed by atoms with E-state index >= 15 is 0 Å². The Labute approximate surface area is 250 Å². The zero-order valence-corrected chi connectivity index (χ0v) is 24.6. The maximum Gasteiger partial charge on any atom is 0.306 e. The fraction of sp³-hybridized carbons (Fsp3) is 0.438. The van der Waals surface area contributed by atoms with E-state index in [9.17, 15) is 19.2 Å². The Balaban J connectivity index is 1.30. The highest BCUT2D eigenvalue weighted by atomic mass is 16.5. The standard InChI is InChI=1S/C32H36N2O9/c1-5-21-11-22-15-33(29(35)9-19(2)31(37)38)16-23(22)12-26(21)42-7-6-8-43-28-14-25-18-34(17-24(25)13-27(28)41-4)30(36)10-20(3)32(39)40/h1,11-14,19-20H,6-10,15-18H2,2-4H3,(H,37,38)(H,39,40)/t19-,20-/m0/s1. The summed E-state index contributed by atoms with van der Waals surface area (Å²) in [5, 5.41) is 18.2. The minimum atomic E-state index is -1.00. The number of rotatable bonds is 13. The lowest BCUT2D eigenvalue weighted by Gasteiger charge is -2.16. The van der Waals surface area contributed by atoms with E-state index in [-0.39, 0.29) is 24.7 Å². The van der Waals surface area contributed by atoms with Crippen LogP contribution in [0.15, 0.2) is 24.3 Å². The summed E-state index contributed by atoms with van der Waals surface area (Å²) < 4.78 is 17.5. The van der Waals surface area contributed by atoms with Crippen molar-refractivity contribution >= 4 is 23.8 Å². The quantitative estimate of drug-likeness (QED) is 0.264. The Hall–Kier alpha value is -4.72. The average Bonchev–Trinajstić information content (AvgIpc) is 3.59. The van der Waals surface area contributed by atoms with Crippen LogP contribution < -0.4 is 14.2 Å². The number of nitrogens with zero attached hydrogens (tertiary/aromatic N) is 2. The van der Waals surface area contributed by atoms with Gasteiger partial charge in [-0.15, -0.1) is 6.42 Å². The molecule has 228 valence electrons. The molecule has 4 rings (SSSR count). The highest BCUT2D eigenvalue weighted by Crippen LogP contribution is 2.36. The zero-order chi connectivity index (χ0) is 31.3. The molecule has 0 unspecified atom stereocenters. The molecular formula is C32H36N2O9. The lowest BCUT2D eigenvalue weighted by atomic mass is 10.1. The molecule has 0 aromatic heterocycles. The predicted molar refractivity (Wildman–Crippen MR) is 154 cm³/mol. The van der Waals surface area contributed by atoms with Gasteiger partial charge >= 0.3 is 11.9 Å². The van der Waals surface area contributed by atoms with Gasteiger partial charge in [-0.3, -0.25) is 19.2 Å². The lowest BCUT2D eigenvalue weighted by molar-refractivity contribution is -0.145. The summed E-state index contributed by atoms with van der Waals surface area (Å²) in [5.74, 6) is 0.309. The monoisotopic (exact) mass is 592 g/mol. The summed E-state index contributed by atoms with van der Waals surface area (Å²) in [5.41, 5.74) is 4.25. The van der Waals surface area contributed by atoms with Gasteiger partial charge in [0.25, 0.3) is 0 Å². The molecule has 2 atom stereocenters. The molecule has 0 saturated heterocycles. The minimum Gasteiger partial charge on any atom is -0.493 e. The summed E-state index contributed by atoms with van der Waals surface area (Å²) in [4.78, 5) is 50.7. The van der Waals surface area contributed by atoms with Crippen molar-refractivity contribution in [3.63, 3.8) is 0 Å². The van der Waals surface area contributed by atoms with Crippen molar-refractivity contribution in [1.29, 1.82) is 0 Å². The van der Waals surface area contributed by atoms with E-state index < -0.39 is 23.8 Å². The zero-order valence-electron chi connectivity index (χ0n) is 24.6. The highest BCUT2D eigenvalue weighted by Gasteiger charge is 2.29. The second-order valence-electron chi connectivity index (χ2n) is 11.0. The molecule has 2 aromatic carbocycles. The van der Waals surface area contributed by atoms with Crippen LogP contribution >= 0.6 is 0 Å². The van der Waals surface area contributed by atoms with Gasteiger partial charge in [0, 0.05) is 45.4 Å². The van der Waals surface area contributed by atoms with Crippen LogP contribution in [-0.4, -0.2) is 64.1 Å². The molecule has 11 nitrogen and oxygen atoms in total. The van der Waals surface area contributed by atoms with Gasteiger partial charge in [0.2, 0.25) is 11.8 Å². The van der Waals surface area contributed by atoms with Crippen LogP contribution in [0, 0.1) is 24.2 Å². The molecule has 2 N–H and O–H groups in total. The molecule has 2 amide bonds. The van der Waals surface area contributed by atoms with Crippen molar-refractivity contribution in [1.82, 2.24) is 9.80 Å². The largest absolute Gasteiger partial charge is 0.493 e. The van der Waals surface area contributed by atoms with Crippen molar-refractivity contribution in [2.24, 2.45) is 11.8 Å². The van der Waals surface area contributed by atoms with Crippen LogP contribution in [0.1, 0.15) is 60.9 Å². The number of terminal acetylenes is 1. The van der Waals surface area contributed by atoms with E-state index in [0.717, 1.165) is 22.3 Å². The van der Waals surface area contributed by atoms with Crippen LogP contribution in [0.25, 0.3) is 0 Å². The second kappa shape index (κ2) is 13.5. The Bertz CT molecular complexity index is 1460. The van der Waals surface area contributed by atoms with Crippen LogP contribution in [0.3, 0.4) is 0 Å². The molecule has 11 heteroatoms. The molecule has 0 bridgehead atoms. The minimum absolute atomic E-state index is 0.0577. The van der Waals surface area contributed by atoms with Gasteiger partial charge in [-0.1, -0.05) is 19.8 Å². The molecule has 0 spiro atoms. The Morgan fingerprint density at radius 3 is 1.63 bits per heavy atom. The van der Waals surface area contributed by atoms with Gasteiger partial charge in [-0.25, -0.2) is 0 Å². The first-order valence-electron chi connectivity index (χ1n) is 14.1. The number of fused-ring (bicyclic) bond motifs is 2. The molecule has 2 aliphatic rings. The number of carboxylic acid groups (broad SMARTS) is 2. The first kappa shape index (κ1) is 31.2. The molecule has 0 radical (unpaired) electrons. The maximum atomic E-state index is 12.6. The van der Waals surface area contributed by atoms with Crippen molar-refractivity contribution in [3.8, 4) is 29.6 Å². The number of carbonyl (C=O) groups excluding carboxylic acids is 2. The maximum absolute atomic E-state index is 12.6. The van der Waals surface area contributed by atoms with E-state index in [1.54, 1.807) is 16.9 Å². The van der Waals surface area contributed by atoms with E-state index in [1.807, 2.05) is 24.3 Å². The SMILES string of the molecule is C#Cc1cc2c(cc1OCCCOc1cc3c(cc1OC)CN(C(=O)C[C@H](C)C(=O)O)C3)CN(C(=O)C[C@H](C)C(=O)O)C2. The van der Waals surface area contributed by atoms with E-state index in [1.165, 1.54) is 13.8 Å². The third kappa shape index (κ3) is 7.38. The normalized spacial score (nSPS) is 14.7. The van der Waals surface area contributed by atoms with Crippen molar-refractivity contribution in [3.05, 3.63) is 52.1 Å². The van der Waals surface area contributed by atoms with Crippen LogP contribution in [0.5, 0.6) is 17.2 Å². The topological polar surface area (TPSA) is 143 Å². The number of carbonyl (C=O) groups is 4. The molecule has 2 aliphatic heterocycles. The lowest BCUT2D eigenvalue weighted by Crippen LogP contribution is -2.28. The van der Waals surface area contributed by atoms with Gasteiger partial charge in [0.1, 0.15) is 5.75 Å². The van der Waals surface area contributed by atoms with Crippen LogP contribution in [-0.2, 0) is 45.4 Å². The van der Waals surface area contributed by atoms with Crippen molar-refractivity contribution in [2.45, 2.75) is 59.3 Å². The first-order chi connectivity index (χ1) is 20.5. The number of benzene rings is 2. The molecule has 43 heavy (non-hydrogen) atoms. The number of ether oxygens (including phenoxy) is 3.